The summed E-state index contributed by atoms with van der Waals surface area (Å²) in [6, 6.07) is 11.3. The van der Waals surface area contributed by atoms with E-state index in [4.69, 9.17) is 20.5 Å². The molecule has 0 aliphatic heterocycles. The highest BCUT2D eigenvalue weighted by atomic mass is 16.5. The predicted molar refractivity (Wildman–Crippen MR) is 65.1 cm³/mol. The van der Waals surface area contributed by atoms with Crippen molar-refractivity contribution >= 4 is 5.82 Å². The molecule has 0 radical (unpaired) electrons. The van der Waals surface area contributed by atoms with Crippen molar-refractivity contribution in [3.8, 4) is 17.7 Å². The van der Waals surface area contributed by atoms with Crippen LogP contribution < -0.4 is 15.2 Å². The highest BCUT2D eigenvalue weighted by Gasteiger charge is 2.11. The van der Waals surface area contributed by atoms with Crippen LogP contribution in [0.4, 0.5) is 5.82 Å². The van der Waals surface area contributed by atoms with E-state index in [0.29, 0.717) is 6.61 Å². The summed E-state index contributed by atoms with van der Waals surface area (Å²) in [5.74, 6) is 1.17. The fourth-order valence-corrected chi connectivity index (χ4v) is 1.37. The molecule has 0 bridgehead atoms. The van der Waals surface area contributed by atoms with Gasteiger partial charge in [0, 0.05) is 0 Å². The van der Waals surface area contributed by atoms with Crippen molar-refractivity contribution in [2.45, 2.75) is 0 Å². The monoisotopic (exact) mass is 244 g/mol. The number of H-pyrrole nitrogens is 1. The number of aromatic amines is 1. The molecule has 0 amide bonds. The van der Waals surface area contributed by atoms with E-state index in [0.717, 1.165) is 5.75 Å². The number of anilines is 1. The van der Waals surface area contributed by atoms with Gasteiger partial charge in [0.1, 0.15) is 30.9 Å². The number of benzene rings is 1. The molecular formula is C12H12N4O2. The molecule has 0 aliphatic carbocycles. The maximum atomic E-state index is 8.82. The summed E-state index contributed by atoms with van der Waals surface area (Å²) < 4.78 is 10.7. The fraction of sp³-hybridized carbons (Fsp3) is 0.167. The van der Waals surface area contributed by atoms with Crippen LogP contribution in [0.3, 0.4) is 0 Å². The van der Waals surface area contributed by atoms with Gasteiger partial charge in [-0.3, -0.25) is 5.10 Å². The van der Waals surface area contributed by atoms with E-state index in [-0.39, 0.29) is 23.9 Å². The van der Waals surface area contributed by atoms with E-state index in [9.17, 15) is 0 Å². The number of hydrogen-bond donors (Lipinski definition) is 2. The van der Waals surface area contributed by atoms with Crippen molar-refractivity contribution in [3.05, 3.63) is 35.9 Å². The molecule has 0 atom stereocenters. The molecule has 0 saturated carbocycles. The largest absolute Gasteiger partial charge is 0.490 e. The van der Waals surface area contributed by atoms with E-state index >= 15 is 0 Å². The molecule has 2 aromatic rings. The average Bonchev–Trinajstić information content (AvgIpc) is 2.76. The predicted octanol–water partition coefficient (Wildman–Crippen LogP) is 1.32. The molecule has 0 fully saturated rings. The summed E-state index contributed by atoms with van der Waals surface area (Å²) in [5, 5.41) is 15.1. The first-order valence-corrected chi connectivity index (χ1v) is 5.36. The molecule has 0 spiro atoms. The van der Waals surface area contributed by atoms with Gasteiger partial charge in [0.25, 0.3) is 5.88 Å². The molecule has 6 nitrogen and oxygen atoms in total. The van der Waals surface area contributed by atoms with E-state index in [2.05, 4.69) is 10.2 Å². The van der Waals surface area contributed by atoms with Gasteiger partial charge in [0.15, 0.2) is 5.56 Å². The van der Waals surface area contributed by atoms with E-state index < -0.39 is 0 Å². The molecule has 92 valence electrons. The molecule has 1 aromatic carbocycles. The Balaban J connectivity index is 1.81. The molecule has 1 heterocycles. The Labute approximate surface area is 104 Å². The Morgan fingerprint density at radius 3 is 2.67 bits per heavy atom. The average molecular weight is 244 g/mol. The lowest BCUT2D eigenvalue weighted by molar-refractivity contribution is 0.211. The number of aromatic nitrogens is 2. The molecule has 0 aliphatic rings. The van der Waals surface area contributed by atoms with Crippen LogP contribution in [0.25, 0.3) is 0 Å². The van der Waals surface area contributed by atoms with Crippen molar-refractivity contribution < 1.29 is 9.47 Å². The van der Waals surface area contributed by atoms with Gasteiger partial charge in [-0.2, -0.15) is 5.26 Å². The number of nitriles is 1. The third kappa shape index (κ3) is 2.71. The zero-order chi connectivity index (χ0) is 12.8. The standard InChI is InChI=1S/C12H12N4O2/c13-8-10-11(14)15-16-12(10)18-7-6-17-9-4-2-1-3-5-9/h1-5H,6-7H2,(H3,14,15,16). The van der Waals surface area contributed by atoms with Crippen LogP contribution in [0.2, 0.25) is 0 Å². The molecular weight excluding hydrogens is 232 g/mol. The first kappa shape index (κ1) is 11.8. The normalized spacial score (nSPS) is 9.72. The first-order valence-electron chi connectivity index (χ1n) is 5.36. The summed E-state index contributed by atoms with van der Waals surface area (Å²) in [5.41, 5.74) is 5.71. The molecule has 0 unspecified atom stereocenters. The maximum Gasteiger partial charge on any atom is 0.253 e. The third-order valence-electron chi connectivity index (χ3n) is 2.21. The lowest BCUT2D eigenvalue weighted by Gasteiger charge is -2.06. The summed E-state index contributed by atoms with van der Waals surface area (Å²) in [4.78, 5) is 0. The van der Waals surface area contributed by atoms with Crippen molar-refractivity contribution in [3.63, 3.8) is 0 Å². The minimum Gasteiger partial charge on any atom is -0.490 e. The van der Waals surface area contributed by atoms with Crippen LogP contribution >= 0.6 is 0 Å². The topological polar surface area (TPSA) is 97.0 Å². The van der Waals surface area contributed by atoms with Gasteiger partial charge in [-0.15, -0.1) is 5.10 Å². The molecule has 3 N–H and O–H groups in total. The van der Waals surface area contributed by atoms with Crippen LogP contribution in [-0.2, 0) is 0 Å². The van der Waals surface area contributed by atoms with Gasteiger partial charge in [-0.1, -0.05) is 18.2 Å². The minimum atomic E-state index is 0.201. The van der Waals surface area contributed by atoms with Gasteiger partial charge >= 0.3 is 0 Å². The number of hydrogen-bond acceptors (Lipinski definition) is 5. The Morgan fingerprint density at radius 2 is 1.94 bits per heavy atom. The SMILES string of the molecule is N#Cc1c(OCCOc2ccccc2)n[nH]c1N. The Hall–Kier alpha value is -2.68. The Bertz CT molecular complexity index is 545. The van der Waals surface area contributed by atoms with Crippen LogP contribution in [0.15, 0.2) is 30.3 Å². The minimum absolute atomic E-state index is 0.201. The number of nitrogen functional groups attached to an aromatic ring is 1. The van der Waals surface area contributed by atoms with Gasteiger partial charge in [-0.05, 0) is 12.1 Å². The second-order valence-corrected chi connectivity index (χ2v) is 3.44. The zero-order valence-electron chi connectivity index (χ0n) is 9.59. The van der Waals surface area contributed by atoms with Gasteiger partial charge < -0.3 is 15.2 Å². The molecule has 18 heavy (non-hydrogen) atoms. The first-order chi connectivity index (χ1) is 8.81. The number of nitrogens with zero attached hydrogens (tertiary/aromatic N) is 2. The highest BCUT2D eigenvalue weighted by Crippen LogP contribution is 2.19. The number of ether oxygens (including phenoxy) is 2. The Morgan fingerprint density at radius 1 is 1.22 bits per heavy atom. The lowest BCUT2D eigenvalue weighted by Crippen LogP contribution is -2.09. The van der Waals surface area contributed by atoms with Crippen LogP contribution in [0.5, 0.6) is 11.6 Å². The van der Waals surface area contributed by atoms with Crippen molar-refractivity contribution in [2.24, 2.45) is 0 Å². The third-order valence-corrected chi connectivity index (χ3v) is 2.21. The summed E-state index contributed by atoms with van der Waals surface area (Å²) >= 11 is 0. The lowest BCUT2D eigenvalue weighted by atomic mass is 10.3. The fourth-order valence-electron chi connectivity index (χ4n) is 1.37. The number of rotatable bonds is 5. The van der Waals surface area contributed by atoms with Crippen molar-refractivity contribution in [1.29, 1.82) is 5.26 Å². The Kier molecular flexibility index (Phi) is 3.66. The highest BCUT2D eigenvalue weighted by molar-refractivity contribution is 5.53. The molecule has 6 heteroatoms. The molecule has 2 rings (SSSR count). The van der Waals surface area contributed by atoms with Crippen molar-refractivity contribution in [1.82, 2.24) is 10.2 Å². The summed E-state index contributed by atoms with van der Waals surface area (Å²) in [6.45, 7) is 0.648. The van der Waals surface area contributed by atoms with Crippen LogP contribution in [0.1, 0.15) is 5.56 Å². The number of nitrogens with two attached hydrogens (primary N) is 1. The number of nitrogens with one attached hydrogen (secondary N) is 1. The van der Waals surface area contributed by atoms with Crippen LogP contribution in [-0.4, -0.2) is 23.4 Å². The number of para-hydroxylation sites is 1. The van der Waals surface area contributed by atoms with E-state index in [1.807, 2.05) is 36.4 Å². The van der Waals surface area contributed by atoms with Crippen molar-refractivity contribution in [2.75, 3.05) is 18.9 Å². The van der Waals surface area contributed by atoms with Gasteiger partial charge in [0.05, 0.1) is 0 Å². The summed E-state index contributed by atoms with van der Waals surface area (Å²) in [7, 11) is 0. The second-order valence-electron chi connectivity index (χ2n) is 3.44. The van der Waals surface area contributed by atoms with Gasteiger partial charge in [0.2, 0.25) is 0 Å². The summed E-state index contributed by atoms with van der Waals surface area (Å²) in [6.07, 6.45) is 0. The quantitative estimate of drug-likeness (QED) is 0.773. The van der Waals surface area contributed by atoms with E-state index in [1.54, 1.807) is 0 Å². The van der Waals surface area contributed by atoms with E-state index in [1.165, 1.54) is 0 Å². The molecule has 0 saturated heterocycles. The van der Waals surface area contributed by atoms with Gasteiger partial charge in [-0.25, -0.2) is 0 Å². The zero-order valence-corrected chi connectivity index (χ0v) is 9.59. The maximum absolute atomic E-state index is 8.82. The smallest absolute Gasteiger partial charge is 0.253 e. The molecule has 1 aromatic heterocycles. The second kappa shape index (κ2) is 5.59. The van der Waals surface area contributed by atoms with Crippen LogP contribution in [0, 0.1) is 11.3 Å².